The molecule has 0 spiro atoms. The van der Waals surface area contributed by atoms with E-state index < -0.39 is 18.4 Å². The predicted molar refractivity (Wildman–Crippen MR) is 158 cm³/mol. The molecule has 2 heterocycles. The van der Waals surface area contributed by atoms with Crippen molar-refractivity contribution in [1.29, 1.82) is 0 Å². The first kappa shape index (κ1) is 27.4. The summed E-state index contributed by atoms with van der Waals surface area (Å²) in [6.45, 7) is 0.148. The van der Waals surface area contributed by atoms with Crippen molar-refractivity contribution in [3.05, 3.63) is 131 Å². The van der Waals surface area contributed by atoms with Gasteiger partial charge in [0.05, 0.1) is 6.04 Å². The minimum atomic E-state index is -1.11. The Hall–Kier alpha value is -4.75. The molecule has 3 amide bonds. The third kappa shape index (κ3) is 5.56. The van der Waals surface area contributed by atoms with E-state index in [2.05, 4.69) is 0 Å². The second kappa shape index (κ2) is 12.0. The second-order valence-corrected chi connectivity index (χ2v) is 10.8. The molecule has 2 aliphatic rings. The maximum Gasteiger partial charge on any atom is 0.416 e. The Morgan fingerprint density at radius 2 is 1.45 bits per heavy atom. The molecule has 1 saturated heterocycles. The first-order chi connectivity index (χ1) is 20.5. The van der Waals surface area contributed by atoms with Gasteiger partial charge in [0, 0.05) is 23.6 Å². The summed E-state index contributed by atoms with van der Waals surface area (Å²) >= 11 is 0. The second-order valence-electron chi connectivity index (χ2n) is 10.8. The molecular weight excluding hydrogens is 528 g/mol. The van der Waals surface area contributed by atoms with Gasteiger partial charge in [-0.3, -0.25) is 9.59 Å². The van der Waals surface area contributed by atoms with Crippen molar-refractivity contribution < 1.29 is 24.2 Å². The summed E-state index contributed by atoms with van der Waals surface area (Å²) in [7, 11) is 0. The number of fused-ring (bicyclic) bond motifs is 1. The maximum absolute atomic E-state index is 13.5. The van der Waals surface area contributed by atoms with Gasteiger partial charge in [-0.1, -0.05) is 103 Å². The van der Waals surface area contributed by atoms with Gasteiger partial charge >= 0.3 is 6.09 Å². The summed E-state index contributed by atoms with van der Waals surface area (Å²) in [5.74, 6) is -0.611. The molecular formula is C35H32N2O5. The number of nitrogens with zero attached hydrogens (tertiary/aromatic N) is 2. The van der Waals surface area contributed by atoms with Gasteiger partial charge in [0.25, 0.3) is 5.91 Å². The molecule has 0 bridgehead atoms. The Morgan fingerprint density at radius 3 is 2.17 bits per heavy atom. The molecule has 0 radical (unpaired) electrons. The van der Waals surface area contributed by atoms with E-state index in [9.17, 15) is 19.5 Å². The number of imide groups is 1. The van der Waals surface area contributed by atoms with Crippen LogP contribution in [0.15, 0.2) is 109 Å². The van der Waals surface area contributed by atoms with Crippen LogP contribution in [-0.2, 0) is 22.4 Å². The molecule has 3 atom stereocenters. The average molecular weight is 561 g/mol. The first-order valence-corrected chi connectivity index (χ1v) is 14.3. The Morgan fingerprint density at radius 1 is 0.810 bits per heavy atom. The maximum atomic E-state index is 13.5. The van der Waals surface area contributed by atoms with Gasteiger partial charge in [-0.2, -0.15) is 0 Å². The number of aliphatic hydroxyl groups excluding tert-OH is 1. The molecule has 212 valence electrons. The largest absolute Gasteiger partial charge is 0.447 e. The van der Waals surface area contributed by atoms with Crippen molar-refractivity contribution in [3.8, 4) is 11.1 Å². The Kier molecular flexibility index (Phi) is 7.84. The molecule has 7 nitrogen and oxygen atoms in total. The molecule has 3 unspecified atom stereocenters. The van der Waals surface area contributed by atoms with Crippen molar-refractivity contribution in [3.63, 3.8) is 0 Å². The number of amides is 3. The smallest absolute Gasteiger partial charge is 0.416 e. The predicted octanol–water partition coefficient (Wildman–Crippen LogP) is 5.78. The van der Waals surface area contributed by atoms with Gasteiger partial charge in [0.2, 0.25) is 5.91 Å². The molecule has 0 aliphatic carbocycles. The van der Waals surface area contributed by atoms with Gasteiger partial charge in [0.1, 0.15) is 6.61 Å². The van der Waals surface area contributed by atoms with E-state index in [0.29, 0.717) is 24.0 Å². The van der Waals surface area contributed by atoms with Gasteiger partial charge in [-0.15, -0.1) is 0 Å². The van der Waals surface area contributed by atoms with Gasteiger partial charge < -0.3 is 14.7 Å². The third-order valence-corrected chi connectivity index (χ3v) is 8.13. The van der Waals surface area contributed by atoms with Crippen LogP contribution >= 0.6 is 0 Å². The summed E-state index contributed by atoms with van der Waals surface area (Å²) < 4.78 is 5.26. The number of ether oxygens (including phenoxy) is 1. The minimum absolute atomic E-state index is 0.0278. The fraction of sp³-hybridized carbons (Fsp3) is 0.229. The molecule has 0 aromatic heterocycles. The van der Waals surface area contributed by atoms with Crippen LogP contribution in [0.2, 0.25) is 0 Å². The van der Waals surface area contributed by atoms with E-state index in [-0.39, 0.29) is 37.3 Å². The monoisotopic (exact) mass is 560 g/mol. The topological polar surface area (TPSA) is 87.2 Å². The molecule has 2 aliphatic heterocycles. The van der Waals surface area contributed by atoms with E-state index in [0.717, 1.165) is 22.3 Å². The van der Waals surface area contributed by atoms with Crippen LogP contribution in [0.25, 0.3) is 11.1 Å². The highest BCUT2D eigenvalue weighted by atomic mass is 16.6. The fourth-order valence-corrected chi connectivity index (χ4v) is 5.97. The number of carbonyl (C=O) groups excluding carboxylic acids is 3. The quantitative estimate of drug-likeness (QED) is 0.280. The van der Waals surface area contributed by atoms with Crippen molar-refractivity contribution in [2.24, 2.45) is 0 Å². The standard InChI is InChI=1S/C35H32N2O5/c38-32(36-29(23-42-35(36)41)22-24-9-3-1-4-10-24)20-19-28(37-33(39)30-13-7-8-14-31(30)34(37)40)21-25-15-17-27(18-16-25)26-11-5-2-6-12-26/h1-18,28-29,33,39H,19-23H2. The number of rotatable bonds is 9. The normalized spacial score (nSPS) is 18.6. The van der Waals surface area contributed by atoms with Crippen LogP contribution in [0.4, 0.5) is 4.79 Å². The number of benzene rings is 4. The number of carbonyl (C=O) groups is 3. The lowest BCUT2D eigenvalue weighted by molar-refractivity contribution is -0.129. The van der Waals surface area contributed by atoms with Gasteiger partial charge in [0.15, 0.2) is 6.23 Å². The lowest BCUT2D eigenvalue weighted by atomic mass is 9.97. The molecule has 1 fully saturated rings. The summed E-state index contributed by atoms with van der Waals surface area (Å²) in [4.78, 5) is 42.2. The molecule has 4 aromatic carbocycles. The SMILES string of the molecule is O=C(CCC(Cc1ccc(-c2ccccc2)cc1)N1C(=O)c2ccccc2C1O)N1C(=O)OCC1Cc1ccccc1. The van der Waals surface area contributed by atoms with E-state index in [1.807, 2.05) is 84.9 Å². The van der Waals surface area contributed by atoms with E-state index in [1.165, 1.54) is 9.80 Å². The number of cyclic esters (lactones) is 1. The molecule has 42 heavy (non-hydrogen) atoms. The number of hydrogen-bond acceptors (Lipinski definition) is 5. The van der Waals surface area contributed by atoms with Crippen LogP contribution < -0.4 is 0 Å². The van der Waals surface area contributed by atoms with Crippen molar-refractivity contribution >= 4 is 17.9 Å². The third-order valence-electron chi connectivity index (χ3n) is 8.13. The number of hydrogen-bond donors (Lipinski definition) is 1. The Balaban J connectivity index is 1.21. The van der Waals surface area contributed by atoms with Crippen LogP contribution in [0.5, 0.6) is 0 Å². The van der Waals surface area contributed by atoms with Crippen molar-refractivity contribution in [2.45, 2.75) is 44.0 Å². The molecule has 6 rings (SSSR count). The molecule has 0 saturated carbocycles. The lowest BCUT2D eigenvalue weighted by Crippen LogP contribution is -2.43. The van der Waals surface area contributed by atoms with Crippen LogP contribution in [0, 0.1) is 0 Å². The van der Waals surface area contributed by atoms with Crippen LogP contribution in [-0.4, -0.2) is 51.5 Å². The fourth-order valence-electron chi connectivity index (χ4n) is 5.97. The average Bonchev–Trinajstić information content (AvgIpc) is 3.52. The zero-order valence-corrected chi connectivity index (χ0v) is 23.1. The summed E-state index contributed by atoms with van der Waals surface area (Å²) in [5.41, 5.74) is 5.20. The zero-order valence-electron chi connectivity index (χ0n) is 23.1. The van der Waals surface area contributed by atoms with E-state index in [4.69, 9.17) is 4.74 Å². The molecule has 4 aromatic rings. The lowest BCUT2D eigenvalue weighted by Gasteiger charge is -2.31. The minimum Gasteiger partial charge on any atom is -0.447 e. The highest BCUT2D eigenvalue weighted by Gasteiger charge is 2.41. The summed E-state index contributed by atoms with van der Waals surface area (Å²) in [6.07, 6.45) is -0.498. The van der Waals surface area contributed by atoms with E-state index >= 15 is 0 Å². The van der Waals surface area contributed by atoms with Crippen molar-refractivity contribution in [2.75, 3.05) is 6.61 Å². The van der Waals surface area contributed by atoms with Crippen LogP contribution in [0.1, 0.15) is 46.1 Å². The highest BCUT2D eigenvalue weighted by molar-refractivity contribution is 5.99. The van der Waals surface area contributed by atoms with Gasteiger partial charge in [-0.25, -0.2) is 9.69 Å². The molecule has 1 N–H and O–H groups in total. The highest BCUT2D eigenvalue weighted by Crippen LogP contribution is 2.35. The summed E-state index contributed by atoms with van der Waals surface area (Å²) in [5, 5.41) is 11.2. The van der Waals surface area contributed by atoms with Crippen LogP contribution in [0.3, 0.4) is 0 Å². The number of aliphatic hydroxyl groups is 1. The Bertz CT molecular complexity index is 1570. The zero-order chi connectivity index (χ0) is 29.1. The Labute approximate surface area is 245 Å². The van der Waals surface area contributed by atoms with Crippen molar-refractivity contribution in [1.82, 2.24) is 9.80 Å². The summed E-state index contributed by atoms with van der Waals surface area (Å²) in [6, 6.07) is 34.1. The van der Waals surface area contributed by atoms with E-state index in [1.54, 1.807) is 24.3 Å². The molecule has 7 heteroatoms. The van der Waals surface area contributed by atoms with Gasteiger partial charge in [-0.05, 0) is 47.6 Å². The first-order valence-electron chi connectivity index (χ1n) is 14.3.